The predicted octanol–water partition coefficient (Wildman–Crippen LogP) is 5.24. The van der Waals surface area contributed by atoms with E-state index in [1.54, 1.807) is 0 Å². The molecule has 4 aliphatic carbocycles. The van der Waals surface area contributed by atoms with Gasteiger partial charge in [0.1, 0.15) is 5.78 Å². The van der Waals surface area contributed by atoms with Gasteiger partial charge >= 0.3 is 0 Å². The fourth-order valence-electron chi connectivity index (χ4n) is 7.36. The molecule has 7 atom stereocenters. The van der Waals surface area contributed by atoms with Crippen LogP contribution in [-0.2, 0) is 4.79 Å². The second-order valence-corrected chi connectivity index (χ2v) is 9.44. The van der Waals surface area contributed by atoms with Gasteiger partial charge in [0.25, 0.3) is 0 Å². The Morgan fingerprint density at radius 2 is 1.83 bits per heavy atom. The van der Waals surface area contributed by atoms with E-state index in [1.807, 2.05) is 6.92 Å². The summed E-state index contributed by atoms with van der Waals surface area (Å²) in [6.45, 7) is 6.89. The average Bonchev–Trinajstić information content (AvgIpc) is 2.84. The molecule has 1 heteroatoms. The maximum absolute atomic E-state index is 12.5. The van der Waals surface area contributed by atoms with Crippen molar-refractivity contribution in [2.24, 2.45) is 40.4 Å². The third-order valence-electron chi connectivity index (χ3n) is 8.72. The summed E-state index contributed by atoms with van der Waals surface area (Å²) >= 11 is 0. The van der Waals surface area contributed by atoms with E-state index in [0.717, 1.165) is 30.6 Å². The van der Waals surface area contributed by atoms with Crippen LogP contribution in [0.1, 0.15) is 78.6 Å². The molecule has 0 saturated heterocycles. The molecule has 0 aromatic heterocycles. The summed E-state index contributed by atoms with van der Waals surface area (Å²) in [5.74, 6) is 11.1. The van der Waals surface area contributed by atoms with Crippen molar-refractivity contribution < 1.29 is 4.79 Å². The van der Waals surface area contributed by atoms with Crippen LogP contribution in [0.25, 0.3) is 0 Å². The van der Waals surface area contributed by atoms with Crippen LogP contribution in [0.4, 0.5) is 0 Å². The molecule has 4 saturated carbocycles. The highest BCUT2D eigenvalue weighted by atomic mass is 16.1. The molecule has 23 heavy (non-hydrogen) atoms. The molecule has 0 aromatic carbocycles. The minimum Gasteiger partial charge on any atom is -0.299 e. The Balaban J connectivity index is 1.59. The van der Waals surface area contributed by atoms with Crippen molar-refractivity contribution in [1.29, 1.82) is 0 Å². The molecule has 0 amide bonds. The van der Waals surface area contributed by atoms with E-state index in [1.165, 1.54) is 44.9 Å². The van der Waals surface area contributed by atoms with Gasteiger partial charge < -0.3 is 0 Å². The van der Waals surface area contributed by atoms with Crippen molar-refractivity contribution >= 4 is 5.78 Å². The molecule has 1 nitrogen and oxygen atoms in total. The van der Waals surface area contributed by atoms with Gasteiger partial charge in [0.2, 0.25) is 0 Å². The van der Waals surface area contributed by atoms with Gasteiger partial charge in [-0.2, -0.15) is 0 Å². The van der Waals surface area contributed by atoms with Gasteiger partial charge in [-0.05, 0) is 87.4 Å². The highest BCUT2D eigenvalue weighted by Crippen LogP contribution is 2.65. The third kappa shape index (κ3) is 2.16. The normalized spacial score (nSPS) is 52.0. The van der Waals surface area contributed by atoms with E-state index < -0.39 is 0 Å². The fourth-order valence-corrected chi connectivity index (χ4v) is 7.36. The van der Waals surface area contributed by atoms with Gasteiger partial charge in [-0.3, -0.25) is 4.79 Å². The van der Waals surface area contributed by atoms with Crippen LogP contribution in [0.5, 0.6) is 0 Å². The minimum absolute atomic E-state index is 0.0370. The lowest BCUT2D eigenvalue weighted by Crippen LogP contribution is -2.53. The summed E-state index contributed by atoms with van der Waals surface area (Å²) in [6.07, 6.45) is 11.3. The van der Waals surface area contributed by atoms with Crippen molar-refractivity contribution in [2.45, 2.75) is 78.6 Å². The quantitative estimate of drug-likeness (QED) is 0.559. The van der Waals surface area contributed by atoms with Crippen LogP contribution in [0.15, 0.2) is 0 Å². The van der Waals surface area contributed by atoms with Crippen molar-refractivity contribution in [1.82, 2.24) is 0 Å². The molecule has 0 N–H and O–H groups in total. The maximum Gasteiger partial charge on any atom is 0.139 e. The highest BCUT2D eigenvalue weighted by Gasteiger charge is 2.60. The largest absolute Gasteiger partial charge is 0.299 e. The molecule has 0 spiro atoms. The van der Waals surface area contributed by atoms with Crippen molar-refractivity contribution in [3.05, 3.63) is 0 Å². The second-order valence-electron chi connectivity index (χ2n) is 9.44. The number of hydrogen-bond donors (Lipinski definition) is 0. The third-order valence-corrected chi connectivity index (χ3v) is 8.72. The number of carbonyl (C=O) groups is 1. The molecule has 0 radical (unpaired) electrons. The second kappa shape index (κ2) is 5.37. The molecule has 126 valence electrons. The van der Waals surface area contributed by atoms with Gasteiger partial charge in [-0.1, -0.05) is 13.8 Å². The Bertz CT molecular complexity index is 566. The van der Waals surface area contributed by atoms with Crippen molar-refractivity contribution in [3.8, 4) is 11.8 Å². The molecular formula is C22H32O. The Hall–Kier alpha value is -0.770. The van der Waals surface area contributed by atoms with Crippen LogP contribution in [0.3, 0.4) is 0 Å². The van der Waals surface area contributed by atoms with Crippen LogP contribution in [0, 0.1) is 52.3 Å². The zero-order chi connectivity index (χ0) is 16.2. The van der Waals surface area contributed by atoms with Crippen LogP contribution < -0.4 is 0 Å². The zero-order valence-corrected chi connectivity index (χ0v) is 15.2. The van der Waals surface area contributed by atoms with Gasteiger partial charge in [0.15, 0.2) is 0 Å². The molecule has 0 aromatic rings. The molecule has 4 aliphatic rings. The first-order valence-electron chi connectivity index (χ1n) is 9.94. The number of Topliss-reactive ketones (excluding diaryl/α,β-unsaturated/α-hetero) is 1. The van der Waals surface area contributed by atoms with Gasteiger partial charge in [0.05, 0.1) is 0 Å². The molecule has 4 fully saturated rings. The monoisotopic (exact) mass is 312 g/mol. The first-order valence-corrected chi connectivity index (χ1v) is 9.94. The molecular weight excluding hydrogens is 280 g/mol. The number of fused-ring (bicyclic) bond motifs is 5. The van der Waals surface area contributed by atoms with Gasteiger partial charge in [0, 0.05) is 17.8 Å². The molecule has 0 bridgehead atoms. The van der Waals surface area contributed by atoms with Crippen LogP contribution in [-0.4, -0.2) is 5.78 Å². The molecule has 0 aliphatic heterocycles. The van der Waals surface area contributed by atoms with Gasteiger partial charge in [-0.15, -0.1) is 11.8 Å². The SMILES string of the molecule is CC#CC1CC[C@@]2(C)C(CC[C@@H]3[C@H]2CC[C@]2(C)C(=O)CC[C@@H]32)C1. The van der Waals surface area contributed by atoms with E-state index in [4.69, 9.17) is 0 Å². The van der Waals surface area contributed by atoms with Crippen LogP contribution >= 0.6 is 0 Å². The standard InChI is InChI=1S/C22H32O/c1-4-5-15-10-12-21(2)16(14-15)6-7-17-18-8-9-20(23)22(18,3)13-11-19(17)21/h15-19H,6-14H2,1-3H3/t15?,16?,17-,18-,19+,21-,22-/m0/s1. The Morgan fingerprint density at radius 3 is 2.61 bits per heavy atom. The predicted molar refractivity (Wildman–Crippen MR) is 93.7 cm³/mol. The first-order chi connectivity index (χ1) is 11.0. The van der Waals surface area contributed by atoms with E-state index in [9.17, 15) is 4.79 Å². The van der Waals surface area contributed by atoms with E-state index >= 15 is 0 Å². The number of carbonyl (C=O) groups excluding carboxylic acids is 1. The average molecular weight is 312 g/mol. The molecule has 0 heterocycles. The number of rotatable bonds is 0. The lowest BCUT2D eigenvalue weighted by Gasteiger charge is -2.60. The van der Waals surface area contributed by atoms with E-state index in [0.29, 0.717) is 23.0 Å². The van der Waals surface area contributed by atoms with Crippen LogP contribution in [0.2, 0.25) is 0 Å². The summed E-state index contributed by atoms with van der Waals surface area (Å²) < 4.78 is 0. The Kier molecular flexibility index (Phi) is 3.67. The van der Waals surface area contributed by atoms with E-state index in [2.05, 4.69) is 25.7 Å². The van der Waals surface area contributed by atoms with Crippen molar-refractivity contribution in [3.63, 3.8) is 0 Å². The summed E-state index contributed by atoms with van der Waals surface area (Å²) in [6, 6.07) is 0. The summed E-state index contributed by atoms with van der Waals surface area (Å²) in [5.41, 5.74) is 0.567. The van der Waals surface area contributed by atoms with E-state index in [-0.39, 0.29) is 5.41 Å². The number of ketones is 1. The summed E-state index contributed by atoms with van der Waals surface area (Å²) in [4.78, 5) is 12.5. The number of hydrogen-bond acceptors (Lipinski definition) is 1. The first kappa shape index (κ1) is 15.7. The highest BCUT2D eigenvalue weighted by molar-refractivity contribution is 5.87. The lowest BCUT2D eigenvalue weighted by molar-refractivity contribution is -0.139. The van der Waals surface area contributed by atoms with Crippen molar-refractivity contribution in [2.75, 3.05) is 0 Å². The molecule has 2 unspecified atom stereocenters. The Labute approximate surface area is 142 Å². The fraction of sp³-hybridized carbons (Fsp3) is 0.864. The summed E-state index contributed by atoms with van der Waals surface area (Å²) in [5, 5.41) is 0. The maximum atomic E-state index is 12.5. The summed E-state index contributed by atoms with van der Waals surface area (Å²) in [7, 11) is 0. The topological polar surface area (TPSA) is 17.1 Å². The minimum atomic E-state index is 0.0370. The lowest BCUT2D eigenvalue weighted by atomic mass is 9.44. The smallest absolute Gasteiger partial charge is 0.139 e. The zero-order valence-electron chi connectivity index (χ0n) is 15.2. The Morgan fingerprint density at radius 1 is 1.00 bits per heavy atom. The van der Waals surface area contributed by atoms with Gasteiger partial charge in [-0.25, -0.2) is 0 Å². The molecule has 4 rings (SSSR count).